The van der Waals surface area contributed by atoms with E-state index in [1.54, 1.807) is 13.8 Å². The summed E-state index contributed by atoms with van der Waals surface area (Å²) in [5.41, 5.74) is 4.65. The van der Waals surface area contributed by atoms with Gasteiger partial charge in [0.2, 0.25) is 5.91 Å². The molecule has 0 saturated heterocycles. The highest BCUT2D eigenvalue weighted by molar-refractivity contribution is 6.31. The van der Waals surface area contributed by atoms with Crippen molar-refractivity contribution in [2.24, 2.45) is 11.7 Å². The molecule has 0 fully saturated rings. The van der Waals surface area contributed by atoms with E-state index in [1.165, 1.54) is 6.07 Å². The molecule has 1 amide bonds. The maximum absolute atomic E-state index is 12.6. The van der Waals surface area contributed by atoms with E-state index in [0.29, 0.717) is 0 Å². The number of anilines is 1. The van der Waals surface area contributed by atoms with Gasteiger partial charge in [-0.3, -0.25) is 4.79 Å². The quantitative estimate of drug-likeness (QED) is 0.899. The minimum absolute atomic E-state index is 0.0269. The topological polar surface area (TPSA) is 55.1 Å². The Balaban J connectivity index is 2.97. The van der Waals surface area contributed by atoms with Crippen molar-refractivity contribution in [3.63, 3.8) is 0 Å². The Morgan fingerprint density at radius 1 is 1.32 bits per heavy atom. The first-order valence-corrected chi connectivity index (χ1v) is 5.93. The Hall–Kier alpha value is -1.27. The molecule has 0 aliphatic heterocycles. The van der Waals surface area contributed by atoms with Gasteiger partial charge < -0.3 is 11.1 Å². The summed E-state index contributed by atoms with van der Waals surface area (Å²) >= 11 is 5.60. The highest BCUT2D eigenvalue weighted by Crippen LogP contribution is 2.33. The van der Waals surface area contributed by atoms with E-state index in [1.807, 2.05) is 0 Å². The van der Waals surface area contributed by atoms with Gasteiger partial charge in [0.15, 0.2) is 0 Å². The van der Waals surface area contributed by atoms with E-state index >= 15 is 0 Å². The SMILES string of the molecule is CC(C)[C@H](N)C(=O)Nc1cc(Cl)cc(C(F)(F)F)c1. The van der Waals surface area contributed by atoms with Crippen LogP contribution in [0.25, 0.3) is 0 Å². The zero-order valence-corrected chi connectivity index (χ0v) is 11.1. The van der Waals surface area contributed by atoms with Crippen LogP contribution in [-0.2, 0) is 11.0 Å². The maximum Gasteiger partial charge on any atom is 0.416 e. The van der Waals surface area contributed by atoms with E-state index in [0.717, 1.165) is 12.1 Å². The van der Waals surface area contributed by atoms with E-state index < -0.39 is 23.7 Å². The van der Waals surface area contributed by atoms with Gasteiger partial charge in [0.1, 0.15) is 0 Å². The van der Waals surface area contributed by atoms with Crippen LogP contribution in [-0.4, -0.2) is 11.9 Å². The fourth-order valence-corrected chi connectivity index (χ4v) is 1.59. The third-order valence-electron chi connectivity index (χ3n) is 2.51. The fourth-order valence-electron chi connectivity index (χ4n) is 1.35. The van der Waals surface area contributed by atoms with Crippen molar-refractivity contribution in [2.75, 3.05) is 5.32 Å². The molecule has 0 spiro atoms. The normalized spacial score (nSPS) is 13.5. The molecule has 0 saturated carbocycles. The number of halogens is 4. The summed E-state index contributed by atoms with van der Waals surface area (Å²) in [6, 6.07) is 2.05. The highest BCUT2D eigenvalue weighted by Gasteiger charge is 2.31. The minimum Gasteiger partial charge on any atom is -0.325 e. The van der Waals surface area contributed by atoms with E-state index in [9.17, 15) is 18.0 Å². The van der Waals surface area contributed by atoms with Crippen molar-refractivity contribution in [3.8, 4) is 0 Å². The third kappa shape index (κ3) is 4.40. The van der Waals surface area contributed by atoms with Crippen LogP contribution >= 0.6 is 11.6 Å². The van der Waals surface area contributed by atoms with Gasteiger partial charge in [-0.15, -0.1) is 0 Å². The van der Waals surface area contributed by atoms with Gasteiger partial charge in [0.05, 0.1) is 11.6 Å². The van der Waals surface area contributed by atoms with Gasteiger partial charge in [0, 0.05) is 10.7 Å². The fraction of sp³-hybridized carbons (Fsp3) is 0.417. The second kappa shape index (κ2) is 5.79. The number of alkyl halides is 3. The summed E-state index contributed by atoms with van der Waals surface area (Å²) in [7, 11) is 0. The zero-order valence-electron chi connectivity index (χ0n) is 10.4. The smallest absolute Gasteiger partial charge is 0.325 e. The van der Waals surface area contributed by atoms with Crippen molar-refractivity contribution in [2.45, 2.75) is 26.1 Å². The minimum atomic E-state index is -4.52. The first-order valence-electron chi connectivity index (χ1n) is 5.55. The van der Waals surface area contributed by atoms with Crippen LogP contribution < -0.4 is 11.1 Å². The molecule has 1 aromatic rings. The molecule has 1 rings (SSSR count). The Morgan fingerprint density at radius 2 is 1.89 bits per heavy atom. The summed E-state index contributed by atoms with van der Waals surface area (Å²) < 4.78 is 37.7. The standard InChI is InChI=1S/C12H14ClF3N2O/c1-6(2)10(17)11(19)18-9-4-7(12(14,15)16)3-8(13)5-9/h3-6,10H,17H2,1-2H3,(H,18,19)/t10-/m0/s1. The number of hydrogen-bond donors (Lipinski definition) is 2. The van der Waals surface area contributed by atoms with Crippen molar-refractivity contribution in [1.29, 1.82) is 0 Å². The van der Waals surface area contributed by atoms with Gasteiger partial charge in [-0.2, -0.15) is 13.2 Å². The molecule has 0 aliphatic rings. The molecule has 3 nitrogen and oxygen atoms in total. The van der Waals surface area contributed by atoms with Crippen LogP contribution in [0.4, 0.5) is 18.9 Å². The van der Waals surface area contributed by atoms with E-state index in [2.05, 4.69) is 5.32 Å². The van der Waals surface area contributed by atoms with Gasteiger partial charge in [0.25, 0.3) is 0 Å². The lowest BCUT2D eigenvalue weighted by Gasteiger charge is -2.16. The predicted molar refractivity (Wildman–Crippen MR) is 67.9 cm³/mol. The monoisotopic (exact) mass is 294 g/mol. The molecule has 0 aliphatic carbocycles. The Morgan fingerprint density at radius 3 is 2.37 bits per heavy atom. The maximum atomic E-state index is 12.6. The van der Waals surface area contributed by atoms with Crippen molar-refractivity contribution >= 4 is 23.2 Å². The second-order valence-electron chi connectivity index (χ2n) is 4.49. The molecule has 7 heteroatoms. The largest absolute Gasteiger partial charge is 0.416 e. The average molecular weight is 295 g/mol. The van der Waals surface area contributed by atoms with Crippen LogP contribution in [0.2, 0.25) is 5.02 Å². The molecular weight excluding hydrogens is 281 g/mol. The summed E-state index contributed by atoms with van der Waals surface area (Å²) in [6.45, 7) is 3.48. The number of hydrogen-bond acceptors (Lipinski definition) is 2. The van der Waals surface area contributed by atoms with Crippen LogP contribution in [0.5, 0.6) is 0 Å². The molecule has 106 valence electrons. The Labute approximate surface area is 113 Å². The second-order valence-corrected chi connectivity index (χ2v) is 4.92. The molecule has 0 heterocycles. The lowest BCUT2D eigenvalue weighted by Crippen LogP contribution is -2.39. The van der Waals surface area contributed by atoms with Gasteiger partial charge >= 0.3 is 6.18 Å². The summed E-state index contributed by atoms with van der Waals surface area (Å²) in [5, 5.41) is 2.22. The summed E-state index contributed by atoms with van der Waals surface area (Å²) in [6.07, 6.45) is -4.52. The average Bonchev–Trinajstić information content (AvgIpc) is 2.25. The lowest BCUT2D eigenvalue weighted by molar-refractivity contribution is -0.137. The Kier molecular flexibility index (Phi) is 4.81. The number of benzene rings is 1. The molecular formula is C12H14ClF3N2O. The van der Waals surface area contributed by atoms with Crippen molar-refractivity contribution < 1.29 is 18.0 Å². The van der Waals surface area contributed by atoms with Crippen LogP contribution in [0.15, 0.2) is 18.2 Å². The highest BCUT2D eigenvalue weighted by atomic mass is 35.5. The van der Waals surface area contributed by atoms with Crippen LogP contribution in [0.1, 0.15) is 19.4 Å². The van der Waals surface area contributed by atoms with Gasteiger partial charge in [-0.05, 0) is 24.1 Å². The van der Waals surface area contributed by atoms with Crippen LogP contribution in [0, 0.1) is 5.92 Å². The summed E-state index contributed by atoms with van der Waals surface area (Å²) in [5.74, 6) is -0.674. The molecule has 0 aromatic heterocycles. The number of carbonyl (C=O) groups is 1. The molecule has 0 unspecified atom stereocenters. The van der Waals surface area contributed by atoms with Crippen molar-refractivity contribution in [3.05, 3.63) is 28.8 Å². The Bertz CT molecular complexity index is 475. The van der Waals surface area contributed by atoms with Crippen molar-refractivity contribution in [1.82, 2.24) is 0 Å². The zero-order chi connectivity index (χ0) is 14.8. The molecule has 3 N–H and O–H groups in total. The van der Waals surface area contributed by atoms with Gasteiger partial charge in [-0.1, -0.05) is 25.4 Å². The van der Waals surface area contributed by atoms with Gasteiger partial charge in [-0.25, -0.2) is 0 Å². The molecule has 1 aromatic carbocycles. The number of carbonyl (C=O) groups excluding carboxylic acids is 1. The van der Waals surface area contributed by atoms with Crippen LogP contribution in [0.3, 0.4) is 0 Å². The number of rotatable bonds is 3. The lowest BCUT2D eigenvalue weighted by atomic mass is 10.0. The third-order valence-corrected chi connectivity index (χ3v) is 2.73. The molecule has 1 atom stereocenters. The number of nitrogens with two attached hydrogens (primary N) is 1. The first kappa shape index (κ1) is 15.8. The van der Waals surface area contributed by atoms with E-state index in [-0.39, 0.29) is 16.6 Å². The number of nitrogens with one attached hydrogen (secondary N) is 1. The first-order chi connectivity index (χ1) is 8.61. The van der Waals surface area contributed by atoms with E-state index in [4.69, 9.17) is 17.3 Å². The summed E-state index contributed by atoms with van der Waals surface area (Å²) in [4.78, 5) is 11.7. The molecule has 19 heavy (non-hydrogen) atoms. The molecule has 0 bridgehead atoms. The number of amides is 1. The predicted octanol–water partition coefficient (Wildman–Crippen LogP) is 3.28. The molecule has 0 radical (unpaired) electrons.